The summed E-state index contributed by atoms with van der Waals surface area (Å²) in [6.07, 6.45) is -3.59. The summed E-state index contributed by atoms with van der Waals surface area (Å²) in [5, 5.41) is 0. The third-order valence-corrected chi connectivity index (χ3v) is 6.34. The minimum Gasteiger partial charge on any atom is -0.489 e. The summed E-state index contributed by atoms with van der Waals surface area (Å²) in [5.74, 6) is -6.67. The predicted molar refractivity (Wildman–Crippen MR) is 142 cm³/mol. The Morgan fingerprint density at radius 1 is 0.732 bits per heavy atom. The van der Waals surface area contributed by atoms with Gasteiger partial charge in [-0.15, -0.1) is 13.2 Å². The zero-order valence-corrected chi connectivity index (χ0v) is 22.0. The first-order valence-electron chi connectivity index (χ1n) is 11.9. The molecule has 0 fully saturated rings. The molecular formula is C30H20F8O2S. The Balaban J connectivity index is 1.44. The normalized spacial score (nSPS) is 12.2. The molecule has 0 spiro atoms. The first-order valence-corrected chi connectivity index (χ1v) is 13.2. The van der Waals surface area contributed by atoms with Crippen LogP contribution in [-0.4, -0.2) is 18.4 Å². The maximum absolute atomic E-state index is 14.9. The molecule has 0 atom stereocenters. The molecule has 0 heterocycles. The molecule has 0 aliphatic heterocycles. The van der Waals surface area contributed by atoms with E-state index in [4.69, 9.17) is 4.74 Å². The van der Waals surface area contributed by atoms with E-state index in [2.05, 4.69) is 4.74 Å². The molecule has 41 heavy (non-hydrogen) atoms. The Hall–Kier alpha value is -3.99. The lowest BCUT2D eigenvalue weighted by Crippen LogP contribution is -2.19. The lowest BCUT2D eigenvalue weighted by Gasteiger charge is -2.12. The fraction of sp³-hybridized carbons (Fsp3) is 0.133. The van der Waals surface area contributed by atoms with Gasteiger partial charge in [0.1, 0.15) is 24.0 Å². The molecule has 11 heteroatoms. The van der Waals surface area contributed by atoms with E-state index in [9.17, 15) is 35.1 Å². The van der Waals surface area contributed by atoms with Crippen molar-refractivity contribution in [3.8, 4) is 33.8 Å². The Morgan fingerprint density at radius 3 is 1.90 bits per heavy atom. The van der Waals surface area contributed by atoms with Crippen LogP contribution >= 0.6 is 11.8 Å². The van der Waals surface area contributed by atoms with Gasteiger partial charge in [-0.1, -0.05) is 36.4 Å². The Labute approximate surface area is 234 Å². The van der Waals surface area contributed by atoms with E-state index in [0.717, 1.165) is 11.8 Å². The fourth-order valence-electron chi connectivity index (χ4n) is 3.88. The van der Waals surface area contributed by atoms with Gasteiger partial charge in [0.25, 0.3) is 0 Å². The van der Waals surface area contributed by atoms with Gasteiger partial charge in [-0.25, -0.2) is 22.0 Å². The van der Waals surface area contributed by atoms with Gasteiger partial charge in [0.05, 0.1) is 0 Å². The van der Waals surface area contributed by atoms with Crippen LogP contribution in [0.5, 0.6) is 11.5 Å². The van der Waals surface area contributed by atoms with Crippen molar-refractivity contribution in [1.29, 1.82) is 0 Å². The Kier molecular flexibility index (Phi) is 9.27. The summed E-state index contributed by atoms with van der Waals surface area (Å²) in [6, 6.07) is 17.4. The number of rotatable bonds is 9. The minimum atomic E-state index is -5.25. The van der Waals surface area contributed by atoms with Crippen molar-refractivity contribution in [1.82, 2.24) is 0 Å². The zero-order chi connectivity index (χ0) is 29.7. The van der Waals surface area contributed by atoms with Crippen LogP contribution < -0.4 is 9.47 Å². The maximum atomic E-state index is 14.9. The first kappa shape index (κ1) is 30.0. The van der Waals surface area contributed by atoms with Gasteiger partial charge in [-0.3, -0.25) is 0 Å². The number of hydrogen-bond acceptors (Lipinski definition) is 3. The van der Waals surface area contributed by atoms with Crippen LogP contribution in [0.3, 0.4) is 0 Å². The van der Waals surface area contributed by atoms with E-state index >= 15 is 0 Å². The summed E-state index contributed by atoms with van der Waals surface area (Å²) < 4.78 is 117. The van der Waals surface area contributed by atoms with Crippen molar-refractivity contribution in [2.45, 2.75) is 13.0 Å². The highest BCUT2D eigenvalue weighted by atomic mass is 32.2. The molecule has 0 aliphatic carbocycles. The fourth-order valence-corrected chi connectivity index (χ4v) is 4.26. The van der Waals surface area contributed by atoms with Crippen LogP contribution in [0.1, 0.15) is 11.1 Å². The van der Waals surface area contributed by atoms with Gasteiger partial charge in [0.15, 0.2) is 17.5 Å². The molecule has 0 saturated carbocycles. The highest BCUT2D eigenvalue weighted by Gasteiger charge is 2.34. The molecule has 4 aromatic rings. The largest absolute Gasteiger partial charge is 0.573 e. The van der Waals surface area contributed by atoms with Crippen molar-refractivity contribution in [2.24, 2.45) is 0 Å². The second-order valence-corrected chi connectivity index (χ2v) is 9.54. The van der Waals surface area contributed by atoms with Gasteiger partial charge in [0, 0.05) is 16.9 Å². The summed E-state index contributed by atoms with van der Waals surface area (Å²) in [7, 11) is 0. The molecule has 0 bridgehead atoms. The van der Waals surface area contributed by atoms with Crippen LogP contribution in [0.25, 0.3) is 28.1 Å². The monoisotopic (exact) mass is 596 g/mol. The molecule has 4 rings (SSSR count). The third kappa shape index (κ3) is 7.60. The summed E-state index contributed by atoms with van der Waals surface area (Å²) in [5.41, 5.74) is 1.49. The molecule has 214 valence electrons. The maximum Gasteiger partial charge on any atom is 0.573 e. The summed E-state index contributed by atoms with van der Waals surface area (Å²) in [4.78, 5) is 0. The van der Waals surface area contributed by atoms with Gasteiger partial charge < -0.3 is 9.47 Å². The van der Waals surface area contributed by atoms with Crippen LogP contribution in [0.15, 0.2) is 84.7 Å². The van der Waals surface area contributed by atoms with Crippen LogP contribution in [0.2, 0.25) is 0 Å². The van der Waals surface area contributed by atoms with Crippen molar-refractivity contribution in [3.63, 3.8) is 0 Å². The van der Waals surface area contributed by atoms with Crippen LogP contribution in [0, 0.1) is 17.5 Å². The number of thioether (sulfide) groups is 1. The van der Waals surface area contributed by atoms with E-state index < -0.39 is 41.2 Å². The van der Waals surface area contributed by atoms with Gasteiger partial charge >= 0.3 is 6.36 Å². The van der Waals surface area contributed by atoms with Crippen molar-refractivity contribution < 1.29 is 44.6 Å². The van der Waals surface area contributed by atoms with Gasteiger partial charge in [-0.2, -0.15) is 11.8 Å². The van der Waals surface area contributed by atoms with E-state index in [0.29, 0.717) is 29.0 Å². The molecule has 0 aliphatic rings. The highest BCUT2D eigenvalue weighted by molar-refractivity contribution is 7.98. The number of ether oxygens (including phenoxy) is 2. The Morgan fingerprint density at radius 2 is 1.34 bits per heavy atom. The van der Waals surface area contributed by atoms with E-state index in [1.807, 2.05) is 0 Å². The lowest BCUT2D eigenvalue weighted by atomic mass is 9.99. The average Bonchev–Trinajstić information content (AvgIpc) is 2.93. The molecule has 2 nitrogen and oxygen atoms in total. The molecule has 0 aromatic heterocycles. The average molecular weight is 597 g/mol. The number of hydrogen-bond donors (Lipinski definition) is 0. The second-order valence-electron chi connectivity index (χ2n) is 8.67. The smallest absolute Gasteiger partial charge is 0.489 e. The number of alkyl halides is 3. The second kappa shape index (κ2) is 12.7. The van der Waals surface area contributed by atoms with Gasteiger partial charge in [-0.05, 0) is 71.0 Å². The summed E-state index contributed by atoms with van der Waals surface area (Å²) >= 11 is 1.16. The minimum absolute atomic E-state index is 0.000180. The highest BCUT2D eigenvalue weighted by Crippen LogP contribution is 2.34. The molecule has 4 aromatic carbocycles. The lowest BCUT2D eigenvalue weighted by molar-refractivity contribution is -0.276. The number of halogens is 8. The third-order valence-electron chi connectivity index (χ3n) is 5.80. The topological polar surface area (TPSA) is 18.5 Å². The van der Waals surface area contributed by atoms with Crippen LogP contribution in [0.4, 0.5) is 35.1 Å². The van der Waals surface area contributed by atoms with Gasteiger partial charge in [0.2, 0.25) is 5.75 Å². The molecule has 0 amide bonds. The molecule has 0 saturated heterocycles. The SMILES string of the molecule is CSC/C(F)=C(\F)c1ccc(OCc2ccc(-c3ccc(-c4cc(F)c(OC(F)(F)F)c(F)c4)cc3)c(F)c2)cc1. The van der Waals surface area contributed by atoms with E-state index in [-0.39, 0.29) is 34.6 Å². The molecule has 0 N–H and O–H groups in total. The van der Waals surface area contributed by atoms with Crippen molar-refractivity contribution in [2.75, 3.05) is 12.0 Å². The van der Waals surface area contributed by atoms with E-state index in [1.54, 1.807) is 12.3 Å². The molecule has 0 unspecified atom stereocenters. The quantitative estimate of drug-likeness (QED) is 0.179. The predicted octanol–water partition coefficient (Wildman–Crippen LogP) is 9.89. The van der Waals surface area contributed by atoms with Crippen molar-refractivity contribution >= 4 is 17.6 Å². The standard InChI is InChI=1S/C30H20F8O2S/c1-41-16-27(34)28(35)20-7-9-22(10-8-20)39-15-17-2-11-23(24(31)12-17)19-5-3-18(4-6-19)21-13-25(32)29(26(33)14-21)40-30(36,37)38/h2-14H,15-16H2,1H3/b28-27+. The molecule has 0 radical (unpaired) electrons. The van der Waals surface area contributed by atoms with Crippen LogP contribution in [-0.2, 0) is 6.61 Å². The first-order chi connectivity index (χ1) is 19.4. The molecular weight excluding hydrogens is 576 g/mol. The van der Waals surface area contributed by atoms with Crippen molar-refractivity contribution in [3.05, 3.63) is 113 Å². The van der Waals surface area contributed by atoms with E-state index in [1.165, 1.54) is 60.7 Å². The number of benzene rings is 4. The Bertz CT molecular complexity index is 1530. The summed E-state index contributed by atoms with van der Waals surface area (Å²) in [6.45, 7) is -0.000180. The zero-order valence-electron chi connectivity index (χ0n) is 21.2.